The summed E-state index contributed by atoms with van der Waals surface area (Å²) < 4.78 is 6.21. The number of carbonyl (C=O) groups excluding carboxylic acids is 1. The van der Waals surface area contributed by atoms with Crippen LogP contribution in [0, 0.1) is 0 Å². The Kier molecular flexibility index (Phi) is 6.20. The SMILES string of the molecule is CC(C)(C)c1ccc(OCC(=O)N/N=C\c2cc(O)ccc2Br)cc1. The lowest BCUT2D eigenvalue weighted by atomic mass is 9.87. The number of hydrogen-bond donors (Lipinski definition) is 2. The number of phenols is 1. The third-order valence-corrected chi connectivity index (χ3v) is 4.18. The van der Waals surface area contributed by atoms with Crippen molar-refractivity contribution >= 4 is 28.1 Å². The van der Waals surface area contributed by atoms with E-state index in [9.17, 15) is 9.90 Å². The maximum atomic E-state index is 11.8. The molecule has 0 saturated heterocycles. The van der Waals surface area contributed by atoms with Crippen molar-refractivity contribution in [3.8, 4) is 11.5 Å². The zero-order valence-corrected chi connectivity index (χ0v) is 16.0. The summed E-state index contributed by atoms with van der Waals surface area (Å²) in [6.07, 6.45) is 1.44. The van der Waals surface area contributed by atoms with Gasteiger partial charge < -0.3 is 9.84 Å². The minimum atomic E-state index is -0.368. The van der Waals surface area contributed by atoms with Gasteiger partial charge in [0.2, 0.25) is 0 Å². The molecule has 0 heterocycles. The van der Waals surface area contributed by atoms with Crippen LogP contribution in [0.5, 0.6) is 11.5 Å². The Morgan fingerprint density at radius 2 is 1.92 bits per heavy atom. The lowest BCUT2D eigenvalue weighted by Gasteiger charge is -2.19. The van der Waals surface area contributed by atoms with Gasteiger partial charge in [-0.1, -0.05) is 48.8 Å². The van der Waals surface area contributed by atoms with Crippen molar-refractivity contribution in [1.82, 2.24) is 5.43 Å². The molecule has 0 aliphatic rings. The molecule has 132 valence electrons. The number of nitrogens with one attached hydrogen (secondary N) is 1. The Morgan fingerprint density at radius 3 is 2.56 bits per heavy atom. The molecule has 2 rings (SSSR count). The normalized spacial score (nSPS) is 11.5. The quantitative estimate of drug-likeness (QED) is 0.584. The van der Waals surface area contributed by atoms with E-state index in [-0.39, 0.29) is 23.7 Å². The van der Waals surface area contributed by atoms with Crippen LogP contribution >= 0.6 is 15.9 Å². The van der Waals surface area contributed by atoms with E-state index in [0.717, 1.165) is 4.47 Å². The summed E-state index contributed by atoms with van der Waals surface area (Å²) in [6.45, 7) is 6.28. The van der Waals surface area contributed by atoms with E-state index in [4.69, 9.17) is 4.74 Å². The van der Waals surface area contributed by atoms with Crippen LogP contribution in [0.25, 0.3) is 0 Å². The Morgan fingerprint density at radius 1 is 1.24 bits per heavy atom. The number of rotatable bonds is 5. The minimum Gasteiger partial charge on any atom is -0.508 e. The van der Waals surface area contributed by atoms with Crippen LogP contribution in [0.15, 0.2) is 52.0 Å². The summed E-state index contributed by atoms with van der Waals surface area (Å²) in [5.74, 6) is 0.383. The fourth-order valence-corrected chi connectivity index (χ4v) is 2.39. The van der Waals surface area contributed by atoms with Crippen molar-refractivity contribution in [3.63, 3.8) is 0 Å². The number of ether oxygens (including phenoxy) is 1. The van der Waals surface area contributed by atoms with Gasteiger partial charge in [0.1, 0.15) is 11.5 Å². The maximum Gasteiger partial charge on any atom is 0.277 e. The van der Waals surface area contributed by atoms with Crippen LogP contribution < -0.4 is 10.2 Å². The van der Waals surface area contributed by atoms with Crippen molar-refractivity contribution in [1.29, 1.82) is 0 Å². The number of carbonyl (C=O) groups is 1. The maximum absolute atomic E-state index is 11.8. The number of phenolic OH excluding ortho intramolecular Hbond substituents is 1. The number of nitrogens with zero attached hydrogens (tertiary/aromatic N) is 1. The van der Waals surface area contributed by atoms with E-state index in [1.807, 2.05) is 24.3 Å². The summed E-state index contributed by atoms with van der Waals surface area (Å²) in [5.41, 5.74) is 4.31. The summed E-state index contributed by atoms with van der Waals surface area (Å²) in [7, 11) is 0. The molecule has 2 N–H and O–H groups in total. The van der Waals surface area contributed by atoms with Gasteiger partial charge >= 0.3 is 0 Å². The molecule has 0 radical (unpaired) electrons. The average molecular weight is 405 g/mol. The van der Waals surface area contributed by atoms with Gasteiger partial charge in [-0.25, -0.2) is 5.43 Å². The molecule has 0 unspecified atom stereocenters. The molecule has 0 spiro atoms. The van der Waals surface area contributed by atoms with Gasteiger partial charge in [-0.15, -0.1) is 0 Å². The predicted octanol–water partition coefficient (Wildman–Crippen LogP) is 3.98. The summed E-state index contributed by atoms with van der Waals surface area (Å²) in [5, 5.41) is 13.3. The number of halogens is 1. The summed E-state index contributed by atoms with van der Waals surface area (Å²) in [4.78, 5) is 11.8. The second kappa shape index (κ2) is 8.16. The molecule has 5 nitrogen and oxygen atoms in total. The number of hydrogen-bond acceptors (Lipinski definition) is 4. The molecule has 2 aromatic rings. The zero-order chi connectivity index (χ0) is 18.4. The van der Waals surface area contributed by atoms with Crippen LogP contribution in [0.4, 0.5) is 0 Å². The Hall–Kier alpha value is -2.34. The van der Waals surface area contributed by atoms with E-state index >= 15 is 0 Å². The van der Waals surface area contributed by atoms with Gasteiger partial charge in [-0.05, 0) is 41.3 Å². The fourth-order valence-electron chi connectivity index (χ4n) is 2.04. The lowest BCUT2D eigenvalue weighted by Crippen LogP contribution is -2.24. The standard InChI is InChI=1S/C19H21BrN2O3/c1-19(2,3)14-4-7-16(8-5-14)25-12-18(24)22-21-11-13-10-15(23)6-9-17(13)20/h4-11,23H,12H2,1-3H3,(H,22,24)/b21-11-. The Balaban J connectivity index is 1.84. The van der Waals surface area contributed by atoms with Crippen molar-refractivity contribution in [2.45, 2.75) is 26.2 Å². The van der Waals surface area contributed by atoms with Crippen molar-refractivity contribution < 1.29 is 14.6 Å². The Labute approximate surface area is 155 Å². The van der Waals surface area contributed by atoms with E-state index in [1.54, 1.807) is 12.1 Å². The van der Waals surface area contributed by atoms with Gasteiger partial charge in [0.15, 0.2) is 6.61 Å². The predicted molar refractivity (Wildman–Crippen MR) is 102 cm³/mol. The lowest BCUT2D eigenvalue weighted by molar-refractivity contribution is -0.123. The number of hydrazone groups is 1. The monoisotopic (exact) mass is 404 g/mol. The van der Waals surface area contributed by atoms with E-state index < -0.39 is 0 Å². The molecule has 0 atom stereocenters. The van der Waals surface area contributed by atoms with Crippen LogP contribution in [-0.4, -0.2) is 23.8 Å². The van der Waals surface area contributed by atoms with E-state index in [2.05, 4.69) is 47.2 Å². The smallest absolute Gasteiger partial charge is 0.277 e. The number of aromatic hydroxyl groups is 1. The second-order valence-electron chi connectivity index (χ2n) is 6.56. The van der Waals surface area contributed by atoms with Gasteiger partial charge in [-0.2, -0.15) is 5.10 Å². The number of amides is 1. The molecular formula is C19H21BrN2O3. The van der Waals surface area contributed by atoms with Gasteiger partial charge in [0.25, 0.3) is 5.91 Å². The van der Waals surface area contributed by atoms with Crippen LogP contribution in [-0.2, 0) is 10.2 Å². The van der Waals surface area contributed by atoms with E-state index in [1.165, 1.54) is 17.8 Å². The highest BCUT2D eigenvalue weighted by molar-refractivity contribution is 9.10. The summed E-state index contributed by atoms with van der Waals surface area (Å²) in [6, 6.07) is 12.5. The summed E-state index contributed by atoms with van der Waals surface area (Å²) >= 11 is 3.34. The highest BCUT2D eigenvalue weighted by atomic mass is 79.9. The third kappa shape index (κ3) is 5.90. The van der Waals surface area contributed by atoms with Crippen LogP contribution in [0.1, 0.15) is 31.9 Å². The number of benzene rings is 2. The molecule has 0 aliphatic carbocycles. The van der Waals surface area contributed by atoms with Crippen LogP contribution in [0.2, 0.25) is 0 Å². The fraction of sp³-hybridized carbons (Fsp3) is 0.263. The van der Waals surface area contributed by atoms with Crippen molar-refractivity contribution in [2.24, 2.45) is 5.10 Å². The first-order valence-electron chi connectivity index (χ1n) is 7.79. The molecule has 25 heavy (non-hydrogen) atoms. The highest BCUT2D eigenvalue weighted by Crippen LogP contribution is 2.24. The van der Waals surface area contributed by atoms with E-state index in [0.29, 0.717) is 11.3 Å². The first-order chi connectivity index (χ1) is 11.8. The largest absolute Gasteiger partial charge is 0.508 e. The first-order valence-corrected chi connectivity index (χ1v) is 8.59. The first kappa shape index (κ1) is 19.0. The zero-order valence-electron chi connectivity index (χ0n) is 14.4. The molecule has 6 heteroatoms. The molecule has 1 amide bonds. The second-order valence-corrected chi connectivity index (χ2v) is 7.42. The molecular weight excluding hydrogens is 384 g/mol. The van der Waals surface area contributed by atoms with Crippen LogP contribution in [0.3, 0.4) is 0 Å². The minimum absolute atomic E-state index is 0.0742. The topological polar surface area (TPSA) is 70.9 Å². The Bertz CT molecular complexity index is 765. The molecule has 0 aromatic heterocycles. The molecule has 0 saturated carbocycles. The molecule has 0 fully saturated rings. The molecule has 0 aliphatic heterocycles. The van der Waals surface area contributed by atoms with Crippen molar-refractivity contribution in [3.05, 3.63) is 58.1 Å². The third-order valence-electron chi connectivity index (χ3n) is 3.46. The van der Waals surface area contributed by atoms with Gasteiger partial charge in [0, 0.05) is 10.0 Å². The van der Waals surface area contributed by atoms with Gasteiger partial charge in [-0.3, -0.25) is 4.79 Å². The molecule has 0 bridgehead atoms. The average Bonchev–Trinajstić information content (AvgIpc) is 2.56. The van der Waals surface area contributed by atoms with Crippen molar-refractivity contribution in [2.75, 3.05) is 6.61 Å². The van der Waals surface area contributed by atoms with Gasteiger partial charge in [0.05, 0.1) is 6.21 Å². The molecule has 2 aromatic carbocycles. The highest BCUT2D eigenvalue weighted by Gasteiger charge is 2.13.